The van der Waals surface area contributed by atoms with E-state index < -0.39 is 5.91 Å². The van der Waals surface area contributed by atoms with E-state index in [2.05, 4.69) is 25.8 Å². The van der Waals surface area contributed by atoms with Gasteiger partial charge in [-0.3, -0.25) is 19.3 Å². The zero-order valence-electron chi connectivity index (χ0n) is 19.3. The molecule has 0 unspecified atom stereocenters. The number of likely N-dealkylation sites (tertiary alicyclic amines) is 1. The maximum Gasteiger partial charge on any atom is 0.258 e. The topological polar surface area (TPSA) is 103 Å². The van der Waals surface area contributed by atoms with Crippen molar-refractivity contribution in [2.75, 3.05) is 35.6 Å². The molecule has 0 saturated carbocycles. The maximum absolute atomic E-state index is 12.9. The predicted octanol–water partition coefficient (Wildman–Crippen LogP) is 2.53. The molecule has 1 saturated heterocycles. The van der Waals surface area contributed by atoms with Crippen molar-refractivity contribution in [2.24, 2.45) is 0 Å². The minimum absolute atomic E-state index is 0.0745. The van der Waals surface area contributed by atoms with Gasteiger partial charge in [0, 0.05) is 17.4 Å². The van der Waals surface area contributed by atoms with E-state index in [9.17, 15) is 14.4 Å². The Morgan fingerprint density at radius 3 is 2.34 bits per heavy atom. The Balaban J connectivity index is 1.41. The van der Waals surface area contributed by atoms with Gasteiger partial charge in [0.15, 0.2) is 0 Å². The van der Waals surface area contributed by atoms with Crippen LogP contribution < -0.4 is 21.4 Å². The summed E-state index contributed by atoms with van der Waals surface area (Å²) in [6.07, 6.45) is 3.69. The number of halogens is 1. The van der Waals surface area contributed by atoms with E-state index in [0.717, 1.165) is 31.4 Å². The van der Waals surface area contributed by atoms with Gasteiger partial charge in [0.25, 0.3) is 11.8 Å². The van der Waals surface area contributed by atoms with Gasteiger partial charge in [0.1, 0.15) is 13.7 Å². The van der Waals surface area contributed by atoms with Gasteiger partial charge in [-0.05, 0) is 68.4 Å². The summed E-state index contributed by atoms with van der Waals surface area (Å²) in [5.74, 6) is -0.507. The van der Waals surface area contributed by atoms with Crippen LogP contribution in [-0.4, -0.2) is 55.1 Å². The van der Waals surface area contributed by atoms with Crippen LogP contribution in [0.4, 0.5) is 17.2 Å². The van der Waals surface area contributed by atoms with Crippen molar-refractivity contribution < 1.29 is 14.4 Å². The van der Waals surface area contributed by atoms with Crippen molar-refractivity contribution in [1.29, 1.82) is 0 Å². The van der Waals surface area contributed by atoms with Crippen LogP contribution in [0.5, 0.6) is 0 Å². The van der Waals surface area contributed by atoms with Crippen LogP contribution in [0.15, 0.2) is 60.8 Å². The van der Waals surface area contributed by atoms with Gasteiger partial charge < -0.3 is 16.0 Å². The van der Waals surface area contributed by atoms with Gasteiger partial charge >= 0.3 is 0 Å². The van der Waals surface area contributed by atoms with E-state index in [1.54, 1.807) is 48.5 Å². The highest BCUT2D eigenvalue weighted by Gasteiger charge is 2.17. The van der Waals surface area contributed by atoms with Crippen LogP contribution in [0, 0.1) is 0 Å². The third kappa shape index (κ3) is 6.68. The number of carbonyl (C=O) groups excluding carboxylic acids is 3. The number of amides is 3. The van der Waals surface area contributed by atoms with Gasteiger partial charge in [-0.2, -0.15) is 0 Å². The largest absolute Gasteiger partial charge is 0.325 e. The summed E-state index contributed by atoms with van der Waals surface area (Å²) < 4.78 is 0. The number of carbonyl (C=O) groups is 3. The number of nitrogens with one attached hydrogen (secondary N) is 3. The van der Waals surface area contributed by atoms with Gasteiger partial charge in [-0.25, -0.2) is 4.98 Å². The Labute approximate surface area is 209 Å². The third-order valence-electron chi connectivity index (χ3n) is 5.63. The van der Waals surface area contributed by atoms with Crippen LogP contribution >= 0.6 is 11.6 Å². The van der Waals surface area contributed by atoms with Crippen molar-refractivity contribution in [1.82, 2.24) is 9.88 Å². The highest BCUT2D eigenvalue weighted by molar-refractivity contribution is 6.33. The summed E-state index contributed by atoms with van der Waals surface area (Å²) in [4.78, 5) is 44.2. The minimum Gasteiger partial charge on any atom is -0.325 e. The first kappa shape index (κ1) is 24.4. The highest BCUT2D eigenvalue weighted by atomic mass is 35.5. The molecule has 4 rings (SSSR count). The zero-order valence-corrected chi connectivity index (χ0v) is 20.1. The molecule has 0 aliphatic carbocycles. The fraction of sp³-hybridized carbons (Fsp3) is 0.200. The molecule has 1 aliphatic heterocycles. The molecule has 0 radical (unpaired) electrons. The molecule has 1 fully saturated rings. The summed E-state index contributed by atoms with van der Waals surface area (Å²) in [5.41, 5.74) is 2.56. The molecule has 1 aliphatic rings. The summed E-state index contributed by atoms with van der Waals surface area (Å²) in [6.45, 7) is 2.26. The van der Waals surface area contributed by atoms with Gasteiger partial charge in [-0.15, -0.1) is 0 Å². The van der Waals surface area contributed by atoms with Gasteiger partial charge in [-0.1, -0.05) is 29.2 Å². The molecule has 2 aromatic carbocycles. The van der Waals surface area contributed by atoms with Crippen LogP contribution in [0.2, 0.25) is 5.02 Å². The molecule has 0 spiro atoms. The van der Waals surface area contributed by atoms with Crippen molar-refractivity contribution >= 4 is 59.8 Å². The first-order valence-electron chi connectivity index (χ1n) is 11.3. The summed E-state index contributed by atoms with van der Waals surface area (Å²) in [5, 5.41) is 8.84. The second kappa shape index (κ2) is 11.2. The average Bonchev–Trinajstić information content (AvgIpc) is 3.35. The number of hydrogen-bond acceptors (Lipinski definition) is 5. The predicted molar refractivity (Wildman–Crippen MR) is 141 cm³/mol. The molecule has 10 heteroatoms. The van der Waals surface area contributed by atoms with Crippen LogP contribution in [0.3, 0.4) is 0 Å². The smallest absolute Gasteiger partial charge is 0.258 e. The number of anilines is 3. The molecule has 3 N–H and O–H groups in total. The second-order valence-electron chi connectivity index (χ2n) is 8.43. The molecule has 3 aromatic rings. The number of benzene rings is 2. The first-order valence-corrected chi connectivity index (χ1v) is 11.7. The minimum atomic E-state index is -0.408. The van der Waals surface area contributed by atoms with E-state index in [0.29, 0.717) is 39.9 Å². The average molecular weight is 490 g/mol. The van der Waals surface area contributed by atoms with Crippen molar-refractivity contribution in [2.45, 2.75) is 12.8 Å². The van der Waals surface area contributed by atoms with Crippen molar-refractivity contribution in [3.8, 4) is 0 Å². The van der Waals surface area contributed by atoms with Crippen LogP contribution in [0.1, 0.15) is 33.6 Å². The Morgan fingerprint density at radius 2 is 1.66 bits per heavy atom. The molecule has 8 nitrogen and oxygen atoms in total. The Morgan fingerprint density at radius 1 is 0.914 bits per heavy atom. The lowest BCUT2D eigenvalue weighted by Gasteiger charge is -2.14. The van der Waals surface area contributed by atoms with Crippen LogP contribution in [0.25, 0.3) is 0 Å². The van der Waals surface area contributed by atoms with Crippen LogP contribution in [-0.2, 0) is 4.79 Å². The Kier molecular flexibility index (Phi) is 7.79. The Hall–Kier alpha value is -3.69. The second-order valence-corrected chi connectivity index (χ2v) is 8.86. The molecule has 2 heterocycles. The molecule has 0 atom stereocenters. The molecule has 178 valence electrons. The normalized spacial score (nSPS) is 13.3. The SMILES string of the molecule is Bc1ccc(NC(=O)c2ccc(NC(=O)CN3CCCC3)cc2)c(C(=O)Nc2ccc(Cl)cn2)c1. The monoisotopic (exact) mass is 489 g/mol. The lowest BCUT2D eigenvalue weighted by atomic mass is 9.93. The van der Waals surface area contributed by atoms with E-state index in [1.165, 1.54) is 6.20 Å². The number of nitrogens with zero attached hydrogens (tertiary/aromatic N) is 2. The lowest BCUT2D eigenvalue weighted by molar-refractivity contribution is -0.117. The standard InChI is InChI=1S/C25H25BClN5O3/c26-17-5-9-21(20(13-17)25(35)31-22-10-6-18(27)14-28-22)30-24(34)16-3-7-19(8-4-16)29-23(33)15-32-11-1-2-12-32/h3-10,13-14H,1-2,11-12,15,26H2,(H,29,33)(H,30,34)(H,28,31,35). The van der Waals surface area contributed by atoms with Gasteiger partial charge in [0.05, 0.1) is 22.8 Å². The third-order valence-corrected chi connectivity index (χ3v) is 5.86. The fourth-order valence-electron chi connectivity index (χ4n) is 3.83. The van der Waals surface area contributed by atoms with E-state index in [1.807, 2.05) is 13.9 Å². The molecule has 0 bridgehead atoms. The van der Waals surface area contributed by atoms with Crippen molar-refractivity contribution in [3.63, 3.8) is 0 Å². The zero-order chi connectivity index (χ0) is 24.8. The first-order chi connectivity index (χ1) is 16.9. The highest BCUT2D eigenvalue weighted by Crippen LogP contribution is 2.19. The molecular weight excluding hydrogens is 465 g/mol. The lowest BCUT2D eigenvalue weighted by Crippen LogP contribution is -2.30. The molecule has 35 heavy (non-hydrogen) atoms. The number of pyridine rings is 1. The van der Waals surface area contributed by atoms with Crippen molar-refractivity contribution in [3.05, 3.63) is 76.9 Å². The summed E-state index contributed by atoms with van der Waals surface area (Å²) in [7, 11) is 1.86. The number of hydrogen-bond donors (Lipinski definition) is 3. The van der Waals surface area contributed by atoms with E-state index >= 15 is 0 Å². The fourth-order valence-corrected chi connectivity index (χ4v) is 3.94. The number of rotatable bonds is 7. The van der Waals surface area contributed by atoms with Gasteiger partial charge in [0.2, 0.25) is 5.91 Å². The molecule has 3 amide bonds. The quantitative estimate of drug-likeness (QED) is 0.443. The maximum atomic E-state index is 12.9. The van der Waals surface area contributed by atoms with E-state index in [-0.39, 0.29) is 11.8 Å². The summed E-state index contributed by atoms with van der Waals surface area (Å²) in [6, 6.07) is 15.0. The number of aromatic nitrogens is 1. The Bertz CT molecular complexity index is 1230. The van der Waals surface area contributed by atoms with E-state index in [4.69, 9.17) is 11.6 Å². The molecular formula is C25H25BClN5O3. The summed E-state index contributed by atoms with van der Waals surface area (Å²) >= 11 is 5.85. The molecule has 1 aromatic heterocycles.